The van der Waals surface area contributed by atoms with E-state index in [9.17, 15) is 0 Å². The van der Waals surface area contributed by atoms with Gasteiger partial charge in [0.05, 0.1) is 13.0 Å². The lowest BCUT2D eigenvalue weighted by atomic mass is 10.1. The molecule has 0 atom stereocenters. The minimum absolute atomic E-state index is 0.810. The van der Waals surface area contributed by atoms with Crippen LogP contribution in [0.5, 0.6) is 0 Å². The van der Waals surface area contributed by atoms with Crippen LogP contribution >= 0.6 is 0 Å². The van der Waals surface area contributed by atoms with Gasteiger partial charge in [0.25, 0.3) is 0 Å². The number of aromatic nitrogens is 3. The molecule has 0 saturated carbocycles. The Balaban J connectivity index is 2.05. The van der Waals surface area contributed by atoms with Gasteiger partial charge in [0.15, 0.2) is 5.82 Å². The molecule has 1 aromatic heterocycles. The van der Waals surface area contributed by atoms with Gasteiger partial charge in [-0.25, -0.2) is 4.98 Å². The molecule has 4 heteroatoms. The van der Waals surface area contributed by atoms with Crippen LogP contribution < -0.4 is 5.73 Å². The normalized spacial score (nSPS) is 10.5. The Kier molecular flexibility index (Phi) is 3.09. The maximum Gasteiger partial charge on any atom is 0.156 e. The summed E-state index contributed by atoms with van der Waals surface area (Å²) in [4.78, 5) is 4.39. The molecule has 4 N–H and O–H groups in total. The van der Waals surface area contributed by atoms with E-state index in [1.165, 1.54) is 5.56 Å². The van der Waals surface area contributed by atoms with Gasteiger partial charge in [-0.3, -0.25) is 5.10 Å². The van der Waals surface area contributed by atoms with Crippen molar-refractivity contribution in [2.75, 3.05) is 6.54 Å². The van der Waals surface area contributed by atoms with Crippen molar-refractivity contribution in [2.45, 2.75) is 12.8 Å². The van der Waals surface area contributed by atoms with Crippen molar-refractivity contribution in [1.82, 2.24) is 15.2 Å². The molecule has 2 rings (SSSR count). The van der Waals surface area contributed by atoms with Crippen molar-refractivity contribution in [3.8, 4) is 0 Å². The van der Waals surface area contributed by atoms with Gasteiger partial charge >= 0.3 is 0 Å². The van der Waals surface area contributed by atoms with Crippen LogP contribution in [-0.2, 0) is 12.8 Å². The Morgan fingerprint density at radius 2 is 2.00 bits per heavy atom. The van der Waals surface area contributed by atoms with Gasteiger partial charge in [-0.2, -0.15) is 5.10 Å². The highest BCUT2D eigenvalue weighted by molar-refractivity contribution is 5.18. The van der Waals surface area contributed by atoms with E-state index >= 15 is 0 Å². The summed E-state index contributed by atoms with van der Waals surface area (Å²) in [5.74, 6) is 1.78. The molecule has 2 aromatic rings. The lowest BCUT2D eigenvalue weighted by molar-refractivity contribution is -0.366. The fourth-order valence-corrected chi connectivity index (χ4v) is 1.47. The third-order valence-electron chi connectivity index (χ3n) is 2.19. The molecule has 0 aliphatic carbocycles. The average Bonchev–Trinajstić information content (AvgIpc) is 2.68. The van der Waals surface area contributed by atoms with Crippen LogP contribution in [0.2, 0.25) is 0 Å². The summed E-state index contributed by atoms with van der Waals surface area (Å²) in [6, 6.07) is 10.2. The maximum atomic E-state index is 4.39. The first-order valence-corrected chi connectivity index (χ1v) is 5.12. The van der Waals surface area contributed by atoms with E-state index in [1.54, 1.807) is 0 Å². The summed E-state index contributed by atoms with van der Waals surface area (Å²) in [6.45, 7) is 0.836. The summed E-state index contributed by atoms with van der Waals surface area (Å²) in [7, 11) is 0. The van der Waals surface area contributed by atoms with E-state index in [1.807, 2.05) is 18.2 Å². The Hall–Kier alpha value is -1.68. The van der Waals surface area contributed by atoms with E-state index in [0.29, 0.717) is 0 Å². The summed E-state index contributed by atoms with van der Waals surface area (Å²) >= 11 is 0. The Bertz CT molecular complexity index is 408. The topological polar surface area (TPSA) is 69.2 Å². The van der Waals surface area contributed by atoms with E-state index in [2.05, 4.69) is 33.0 Å². The molecule has 0 spiro atoms. The van der Waals surface area contributed by atoms with Gasteiger partial charge in [-0.1, -0.05) is 30.3 Å². The molecule has 0 fully saturated rings. The Labute approximate surface area is 88.5 Å². The van der Waals surface area contributed by atoms with Crippen molar-refractivity contribution in [3.05, 3.63) is 47.5 Å². The molecule has 0 radical (unpaired) electrons. The van der Waals surface area contributed by atoms with Crippen LogP contribution in [0.15, 0.2) is 30.3 Å². The molecule has 0 aliphatic rings. The van der Waals surface area contributed by atoms with Gasteiger partial charge in [-0.05, 0) is 5.56 Å². The van der Waals surface area contributed by atoms with Crippen LogP contribution in [0.25, 0.3) is 0 Å². The van der Waals surface area contributed by atoms with Crippen LogP contribution in [0.3, 0.4) is 0 Å². The Morgan fingerprint density at radius 1 is 1.20 bits per heavy atom. The zero-order valence-corrected chi connectivity index (χ0v) is 8.61. The molecule has 1 aromatic carbocycles. The number of nitrogens with one attached hydrogen (secondary N) is 1. The second-order valence-electron chi connectivity index (χ2n) is 3.46. The number of quaternary nitrogens is 1. The highest BCUT2D eigenvalue weighted by Crippen LogP contribution is 2.04. The zero-order chi connectivity index (χ0) is 10.5. The smallest absolute Gasteiger partial charge is 0.156 e. The number of nitrogens with zero attached hydrogens (tertiary/aromatic N) is 2. The number of H-pyrrole nitrogens is 1. The highest BCUT2D eigenvalue weighted by atomic mass is 15.2. The van der Waals surface area contributed by atoms with Crippen LogP contribution in [0, 0.1) is 0 Å². The number of hydrogen-bond acceptors (Lipinski definition) is 2. The first-order chi connectivity index (χ1) is 7.38. The molecular formula is C11H15N4+. The molecule has 0 unspecified atom stereocenters. The second kappa shape index (κ2) is 4.70. The molecular weight excluding hydrogens is 188 g/mol. The summed E-state index contributed by atoms with van der Waals surface area (Å²) in [5.41, 5.74) is 5.03. The molecule has 1 heterocycles. The summed E-state index contributed by atoms with van der Waals surface area (Å²) < 4.78 is 0. The first kappa shape index (κ1) is 9.86. The minimum Gasteiger partial charge on any atom is -0.357 e. The zero-order valence-electron chi connectivity index (χ0n) is 8.61. The molecule has 4 nitrogen and oxygen atoms in total. The average molecular weight is 203 g/mol. The molecule has 0 bridgehead atoms. The molecule has 15 heavy (non-hydrogen) atoms. The van der Waals surface area contributed by atoms with E-state index in [0.717, 1.165) is 31.0 Å². The predicted molar refractivity (Wildman–Crippen MR) is 57.1 cm³/mol. The lowest BCUT2D eigenvalue weighted by Gasteiger charge is -1.95. The first-order valence-electron chi connectivity index (χ1n) is 5.12. The van der Waals surface area contributed by atoms with Crippen molar-refractivity contribution in [1.29, 1.82) is 0 Å². The summed E-state index contributed by atoms with van der Waals surface area (Å²) in [5, 5.41) is 7.08. The van der Waals surface area contributed by atoms with E-state index in [-0.39, 0.29) is 0 Å². The fraction of sp³-hybridized carbons (Fsp3) is 0.273. The number of rotatable bonds is 4. The second-order valence-corrected chi connectivity index (χ2v) is 3.46. The van der Waals surface area contributed by atoms with Crippen LogP contribution in [0.4, 0.5) is 0 Å². The minimum atomic E-state index is 0.810. The van der Waals surface area contributed by atoms with E-state index < -0.39 is 0 Å². The quantitative estimate of drug-likeness (QED) is 0.744. The van der Waals surface area contributed by atoms with Crippen molar-refractivity contribution >= 4 is 0 Å². The Morgan fingerprint density at radius 3 is 2.73 bits per heavy atom. The number of hydrogen-bond donors (Lipinski definition) is 2. The van der Waals surface area contributed by atoms with Crippen molar-refractivity contribution < 1.29 is 5.73 Å². The SMILES string of the molecule is [NH3+]CCc1n[nH]c(Cc2ccccc2)n1. The van der Waals surface area contributed by atoms with Crippen LogP contribution in [-0.4, -0.2) is 21.7 Å². The third-order valence-corrected chi connectivity index (χ3v) is 2.19. The predicted octanol–water partition coefficient (Wildman–Crippen LogP) is 0.180. The summed E-state index contributed by atoms with van der Waals surface area (Å²) in [6.07, 6.45) is 1.65. The standard InChI is InChI=1S/C11H14N4/c12-7-6-10-13-11(15-14-10)8-9-4-2-1-3-5-9/h1-5H,6-8,12H2,(H,13,14,15)/p+1. The van der Waals surface area contributed by atoms with Gasteiger partial charge in [-0.15, -0.1) is 0 Å². The molecule has 78 valence electrons. The number of aromatic amines is 1. The van der Waals surface area contributed by atoms with Gasteiger partial charge in [0.2, 0.25) is 0 Å². The monoisotopic (exact) mass is 203 g/mol. The maximum absolute atomic E-state index is 4.39. The molecule has 0 saturated heterocycles. The van der Waals surface area contributed by atoms with Crippen molar-refractivity contribution in [3.63, 3.8) is 0 Å². The number of benzene rings is 1. The van der Waals surface area contributed by atoms with Gasteiger partial charge in [0.1, 0.15) is 5.82 Å². The van der Waals surface area contributed by atoms with Gasteiger partial charge < -0.3 is 5.73 Å². The van der Waals surface area contributed by atoms with E-state index in [4.69, 9.17) is 0 Å². The molecule has 0 aliphatic heterocycles. The van der Waals surface area contributed by atoms with Gasteiger partial charge in [0, 0.05) is 6.42 Å². The lowest BCUT2D eigenvalue weighted by Crippen LogP contribution is -2.51. The highest BCUT2D eigenvalue weighted by Gasteiger charge is 2.03. The largest absolute Gasteiger partial charge is 0.357 e. The molecule has 0 amide bonds. The fourth-order valence-electron chi connectivity index (χ4n) is 1.47. The van der Waals surface area contributed by atoms with Crippen molar-refractivity contribution in [2.24, 2.45) is 0 Å². The third kappa shape index (κ3) is 2.63. The van der Waals surface area contributed by atoms with Crippen LogP contribution in [0.1, 0.15) is 17.2 Å².